The zero-order valence-electron chi connectivity index (χ0n) is 11.5. The molecule has 20 heavy (non-hydrogen) atoms. The first kappa shape index (κ1) is 14.8. The van der Waals surface area contributed by atoms with Crippen LogP contribution in [-0.2, 0) is 4.79 Å². The van der Waals surface area contributed by atoms with E-state index >= 15 is 0 Å². The first-order valence-corrected chi connectivity index (χ1v) is 7.76. The summed E-state index contributed by atoms with van der Waals surface area (Å²) in [5.74, 6) is -0.818. The second-order valence-electron chi connectivity index (χ2n) is 5.27. The summed E-state index contributed by atoms with van der Waals surface area (Å²) in [4.78, 5) is 24.1. The number of amides is 2. The van der Waals surface area contributed by atoms with Gasteiger partial charge < -0.3 is 15.7 Å². The van der Waals surface area contributed by atoms with Gasteiger partial charge in [-0.05, 0) is 30.7 Å². The van der Waals surface area contributed by atoms with Gasteiger partial charge in [0.15, 0.2) is 0 Å². The van der Waals surface area contributed by atoms with Crippen molar-refractivity contribution in [1.82, 2.24) is 10.6 Å². The van der Waals surface area contributed by atoms with E-state index < -0.39 is 11.4 Å². The number of nitrogens with one attached hydrogen (secondary N) is 2. The summed E-state index contributed by atoms with van der Waals surface area (Å²) in [7, 11) is 0. The van der Waals surface area contributed by atoms with Crippen LogP contribution in [0, 0.1) is 5.41 Å². The molecule has 1 atom stereocenters. The SMILES string of the molecule is CCCC(NC(=O)NCC1(C(=O)O)CC1)c1cccs1. The number of hydrogen-bond donors (Lipinski definition) is 3. The highest BCUT2D eigenvalue weighted by Crippen LogP contribution is 2.45. The summed E-state index contributed by atoms with van der Waals surface area (Å²) < 4.78 is 0. The van der Waals surface area contributed by atoms with Crippen molar-refractivity contribution in [3.63, 3.8) is 0 Å². The minimum Gasteiger partial charge on any atom is -0.481 e. The van der Waals surface area contributed by atoms with Gasteiger partial charge in [0.05, 0.1) is 11.5 Å². The molecule has 1 aliphatic carbocycles. The van der Waals surface area contributed by atoms with Crippen molar-refractivity contribution in [1.29, 1.82) is 0 Å². The number of carbonyl (C=O) groups is 2. The fraction of sp³-hybridized carbons (Fsp3) is 0.571. The topological polar surface area (TPSA) is 78.4 Å². The maximum atomic E-state index is 11.9. The molecule has 1 unspecified atom stereocenters. The lowest BCUT2D eigenvalue weighted by atomic mass is 10.1. The van der Waals surface area contributed by atoms with Crippen molar-refractivity contribution in [3.8, 4) is 0 Å². The number of hydrogen-bond acceptors (Lipinski definition) is 3. The molecule has 1 fully saturated rings. The van der Waals surface area contributed by atoms with Crippen LogP contribution in [0.1, 0.15) is 43.5 Å². The molecule has 3 N–H and O–H groups in total. The average Bonchev–Trinajstić information content (AvgIpc) is 3.02. The van der Waals surface area contributed by atoms with E-state index in [0.29, 0.717) is 12.8 Å². The number of urea groups is 1. The normalized spacial score (nSPS) is 17.2. The molecular formula is C14H20N2O3S. The minimum atomic E-state index is -0.818. The van der Waals surface area contributed by atoms with Gasteiger partial charge >= 0.3 is 12.0 Å². The average molecular weight is 296 g/mol. The van der Waals surface area contributed by atoms with Crippen LogP contribution in [0.15, 0.2) is 17.5 Å². The Bertz CT molecular complexity index is 469. The highest BCUT2D eigenvalue weighted by molar-refractivity contribution is 7.10. The largest absolute Gasteiger partial charge is 0.481 e. The molecule has 0 aromatic carbocycles. The predicted octanol–water partition coefficient (Wildman–Crippen LogP) is 2.75. The Kier molecular flexibility index (Phi) is 4.65. The summed E-state index contributed by atoms with van der Waals surface area (Å²) in [6.07, 6.45) is 3.14. The summed E-state index contributed by atoms with van der Waals surface area (Å²) >= 11 is 1.62. The van der Waals surface area contributed by atoms with Crippen molar-refractivity contribution in [3.05, 3.63) is 22.4 Å². The van der Waals surface area contributed by atoms with Gasteiger partial charge in [-0.2, -0.15) is 0 Å². The van der Waals surface area contributed by atoms with Gasteiger partial charge in [-0.3, -0.25) is 4.79 Å². The van der Waals surface area contributed by atoms with Gasteiger partial charge in [-0.15, -0.1) is 11.3 Å². The van der Waals surface area contributed by atoms with Crippen LogP contribution >= 0.6 is 11.3 Å². The van der Waals surface area contributed by atoms with Crippen molar-refractivity contribution < 1.29 is 14.7 Å². The Balaban J connectivity index is 1.84. The summed E-state index contributed by atoms with van der Waals surface area (Å²) in [6, 6.07) is 3.68. The van der Waals surface area contributed by atoms with E-state index in [4.69, 9.17) is 5.11 Å². The second kappa shape index (κ2) is 6.26. The van der Waals surface area contributed by atoms with E-state index in [9.17, 15) is 9.59 Å². The second-order valence-corrected chi connectivity index (χ2v) is 6.25. The highest BCUT2D eigenvalue weighted by Gasteiger charge is 2.50. The Morgan fingerprint density at radius 1 is 1.50 bits per heavy atom. The molecule has 2 rings (SSSR count). The molecule has 0 radical (unpaired) electrons. The molecule has 1 aliphatic rings. The van der Waals surface area contributed by atoms with Gasteiger partial charge in [0.25, 0.3) is 0 Å². The molecule has 2 amide bonds. The van der Waals surface area contributed by atoms with Crippen molar-refractivity contribution >= 4 is 23.3 Å². The summed E-state index contributed by atoms with van der Waals surface area (Å²) in [5, 5.41) is 16.7. The van der Waals surface area contributed by atoms with E-state index in [1.165, 1.54) is 0 Å². The number of thiophene rings is 1. The van der Waals surface area contributed by atoms with Gasteiger partial charge in [0, 0.05) is 11.4 Å². The van der Waals surface area contributed by atoms with Crippen LogP contribution in [0.2, 0.25) is 0 Å². The van der Waals surface area contributed by atoms with Gasteiger partial charge in [-0.25, -0.2) is 4.79 Å². The van der Waals surface area contributed by atoms with E-state index in [0.717, 1.165) is 17.7 Å². The Hall–Kier alpha value is -1.56. The van der Waals surface area contributed by atoms with Gasteiger partial charge in [-0.1, -0.05) is 19.4 Å². The number of carboxylic acid groups (broad SMARTS) is 1. The molecule has 0 bridgehead atoms. The van der Waals surface area contributed by atoms with Crippen molar-refractivity contribution in [2.75, 3.05) is 6.54 Å². The highest BCUT2D eigenvalue weighted by atomic mass is 32.1. The Labute approximate surface area is 122 Å². The molecule has 6 heteroatoms. The van der Waals surface area contributed by atoms with E-state index in [1.807, 2.05) is 17.5 Å². The Morgan fingerprint density at radius 3 is 2.75 bits per heavy atom. The van der Waals surface area contributed by atoms with Crippen LogP contribution < -0.4 is 10.6 Å². The quantitative estimate of drug-likeness (QED) is 0.724. The molecule has 110 valence electrons. The number of carboxylic acids is 1. The number of aliphatic carboxylic acids is 1. The molecule has 1 aromatic heterocycles. The first-order valence-electron chi connectivity index (χ1n) is 6.88. The smallest absolute Gasteiger partial charge is 0.315 e. The van der Waals surface area contributed by atoms with E-state index in [1.54, 1.807) is 11.3 Å². The third-order valence-corrected chi connectivity index (χ3v) is 4.65. The van der Waals surface area contributed by atoms with Crippen LogP contribution in [-0.4, -0.2) is 23.7 Å². The third-order valence-electron chi connectivity index (χ3n) is 3.66. The lowest BCUT2D eigenvalue weighted by molar-refractivity contribution is -0.143. The fourth-order valence-corrected chi connectivity index (χ4v) is 2.95. The lowest BCUT2D eigenvalue weighted by Crippen LogP contribution is -2.42. The standard InChI is InChI=1S/C14H20N2O3S/c1-2-4-10(11-5-3-8-20-11)16-13(19)15-9-14(6-7-14)12(17)18/h3,5,8,10H,2,4,6-7,9H2,1H3,(H,17,18)(H2,15,16,19). The first-order chi connectivity index (χ1) is 9.57. The van der Waals surface area contributed by atoms with Crippen molar-refractivity contribution in [2.45, 2.75) is 38.6 Å². The van der Waals surface area contributed by atoms with E-state index in [2.05, 4.69) is 17.6 Å². The molecule has 5 nitrogen and oxygen atoms in total. The maximum Gasteiger partial charge on any atom is 0.315 e. The molecule has 0 spiro atoms. The predicted molar refractivity (Wildman–Crippen MR) is 77.8 cm³/mol. The number of carbonyl (C=O) groups excluding carboxylic acids is 1. The monoisotopic (exact) mass is 296 g/mol. The van der Waals surface area contributed by atoms with Gasteiger partial charge in [0.1, 0.15) is 0 Å². The molecule has 1 aromatic rings. The maximum absolute atomic E-state index is 11.9. The van der Waals surface area contributed by atoms with E-state index in [-0.39, 0.29) is 18.6 Å². The summed E-state index contributed by atoms with van der Waals surface area (Å²) in [6.45, 7) is 2.28. The summed E-state index contributed by atoms with van der Waals surface area (Å²) in [5.41, 5.74) is -0.722. The molecule has 1 saturated carbocycles. The van der Waals surface area contributed by atoms with Crippen molar-refractivity contribution in [2.24, 2.45) is 5.41 Å². The van der Waals surface area contributed by atoms with Crippen LogP contribution in [0.25, 0.3) is 0 Å². The van der Waals surface area contributed by atoms with Crippen LogP contribution in [0.4, 0.5) is 4.79 Å². The molecular weight excluding hydrogens is 276 g/mol. The third kappa shape index (κ3) is 3.50. The Morgan fingerprint density at radius 2 is 2.25 bits per heavy atom. The van der Waals surface area contributed by atoms with Crippen LogP contribution in [0.5, 0.6) is 0 Å². The molecule has 1 heterocycles. The fourth-order valence-electron chi connectivity index (χ4n) is 2.14. The molecule has 0 saturated heterocycles. The number of rotatable bonds is 7. The zero-order chi connectivity index (χ0) is 14.6. The zero-order valence-corrected chi connectivity index (χ0v) is 12.3. The van der Waals surface area contributed by atoms with Crippen LogP contribution in [0.3, 0.4) is 0 Å². The minimum absolute atomic E-state index is 0.0000175. The van der Waals surface area contributed by atoms with Gasteiger partial charge in [0.2, 0.25) is 0 Å². The molecule has 0 aliphatic heterocycles. The lowest BCUT2D eigenvalue weighted by Gasteiger charge is -2.18.